The van der Waals surface area contributed by atoms with E-state index in [4.69, 9.17) is 17.0 Å². The smallest absolute Gasteiger partial charge is 0.281 e. The van der Waals surface area contributed by atoms with Crippen molar-refractivity contribution in [2.45, 2.75) is 10.6 Å². The Hall–Kier alpha value is -3.16. The molecule has 1 saturated heterocycles. The van der Waals surface area contributed by atoms with Crippen molar-refractivity contribution in [1.29, 1.82) is 0 Å². The highest BCUT2D eigenvalue weighted by atomic mass is 32.2. The first-order valence-electron chi connectivity index (χ1n) is 9.52. The van der Waals surface area contributed by atoms with Crippen LogP contribution in [-0.2, 0) is 10.5 Å². The third-order valence-electron chi connectivity index (χ3n) is 4.72. The van der Waals surface area contributed by atoms with Crippen LogP contribution in [-0.4, -0.2) is 18.1 Å². The van der Waals surface area contributed by atoms with Gasteiger partial charge < -0.3 is 10.1 Å². The summed E-state index contributed by atoms with van der Waals surface area (Å²) in [5.74, 6) is 0.854. The number of thiocarbonyl (C=S) groups is 1. The summed E-state index contributed by atoms with van der Waals surface area (Å²) in [5.41, 5.74) is 2.73. The molecule has 0 spiro atoms. The van der Waals surface area contributed by atoms with Crippen molar-refractivity contribution >= 4 is 46.8 Å². The SMILES string of the molecule is COc1cc(/C=C2/NC(=S)N(c3ccc(F)cc3)C2=O)ccc1CSc1ccccc1. The molecule has 0 saturated carbocycles. The monoisotopic (exact) mass is 450 g/mol. The summed E-state index contributed by atoms with van der Waals surface area (Å²) >= 11 is 7.04. The van der Waals surface area contributed by atoms with Crippen molar-refractivity contribution in [2.24, 2.45) is 0 Å². The Bertz CT molecular complexity index is 1150. The molecular formula is C24H19FN2O2S2. The molecule has 3 aromatic carbocycles. The standard InChI is InChI=1S/C24H19FN2O2S2/c1-29-22-14-16(7-8-17(22)15-31-20-5-3-2-4-6-20)13-21-23(28)27(24(30)26-21)19-11-9-18(25)10-12-19/h2-14H,15H2,1H3,(H,26,30)/b21-13+. The maximum Gasteiger partial charge on any atom is 0.281 e. The van der Waals surface area contributed by atoms with E-state index in [1.807, 2.05) is 36.4 Å². The first-order chi connectivity index (χ1) is 15.0. The van der Waals surface area contributed by atoms with Crippen LogP contribution in [0.25, 0.3) is 6.08 Å². The van der Waals surface area contributed by atoms with Gasteiger partial charge >= 0.3 is 0 Å². The molecule has 1 aliphatic rings. The molecule has 0 aliphatic carbocycles. The van der Waals surface area contributed by atoms with Crippen LogP contribution in [0.5, 0.6) is 5.75 Å². The van der Waals surface area contributed by atoms with Gasteiger partial charge in [-0.25, -0.2) is 4.39 Å². The van der Waals surface area contributed by atoms with E-state index >= 15 is 0 Å². The van der Waals surface area contributed by atoms with Crippen LogP contribution in [0, 0.1) is 5.82 Å². The fraction of sp³-hybridized carbons (Fsp3) is 0.0833. The number of thioether (sulfide) groups is 1. The van der Waals surface area contributed by atoms with E-state index in [9.17, 15) is 9.18 Å². The Morgan fingerprint density at radius 1 is 1.10 bits per heavy atom. The molecule has 31 heavy (non-hydrogen) atoms. The minimum atomic E-state index is -0.373. The lowest BCUT2D eigenvalue weighted by Crippen LogP contribution is -2.30. The number of hydrogen-bond acceptors (Lipinski definition) is 4. The third kappa shape index (κ3) is 4.78. The molecule has 4 nitrogen and oxygen atoms in total. The predicted octanol–water partition coefficient (Wildman–Crippen LogP) is 5.39. The van der Waals surface area contributed by atoms with E-state index in [0.717, 1.165) is 22.6 Å². The van der Waals surface area contributed by atoms with E-state index in [-0.39, 0.29) is 16.8 Å². The van der Waals surface area contributed by atoms with Crippen LogP contribution in [0.2, 0.25) is 0 Å². The highest BCUT2D eigenvalue weighted by Gasteiger charge is 2.31. The Morgan fingerprint density at radius 3 is 2.55 bits per heavy atom. The molecule has 7 heteroatoms. The number of methoxy groups -OCH3 is 1. The van der Waals surface area contributed by atoms with E-state index in [1.54, 1.807) is 24.9 Å². The number of benzene rings is 3. The predicted molar refractivity (Wildman–Crippen MR) is 127 cm³/mol. The van der Waals surface area contributed by atoms with Crippen LogP contribution >= 0.6 is 24.0 Å². The first-order valence-corrected chi connectivity index (χ1v) is 10.9. The number of carbonyl (C=O) groups is 1. The second-order valence-corrected chi connectivity index (χ2v) is 8.21. The van der Waals surface area contributed by atoms with Crippen molar-refractivity contribution in [2.75, 3.05) is 12.0 Å². The highest BCUT2D eigenvalue weighted by Crippen LogP contribution is 2.30. The lowest BCUT2D eigenvalue weighted by molar-refractivity contribution is -0.113. The van der Waals surface area contributed by atoms with Crippen LogP contribution in [0.3, 0.4) is 0 Å². The van der Waals surface area contributed by atoms with Crippen molar-refractivity contribution in [3.63, 3.8) is 0 Å². The van der Waals surface area contributed by atoms with Gasteiger partial charge in [-0.3, -0.25) is 9.69 Å². The molecule has 0 bridgehead atoms. The second-order valence-electron chi connectivity index (χ2n) is 6.78. The summed E-state index contributed by atoms with van der Waals surface area (Å²) in [6.45, 7) is 0. The van der Waals surface area contributed by atoms with Gasteiger partial charge in [-0.1, -0.05) is 30.3 Å². The fourth-order valence-electron chi connectivity index (χ4n) is 3.17. The molecule has 1 amide bonds. The summed E-state index contributed by atoms with van der Waals surface area (Å²) in [6, 6.07) is 21.6. The number of halogens is 1. The molecule has 1 aliphatic heterocycles. The number of carbonyl (C=O) groups excluding carboxylic acids is 1. The second kappa shape index (κ2) is 9.32. The van der Waals surface area contributed by atoms with Crippen molar-refractivity contribution in [3.05, 3.63) is 95.4 Å². The lowest BCUT2D eigenvalue weighted by Gasteiger charge is -2.13. The maximum atomic E-state index is 13.2. The molecule has 0 atom stereocenters. The number of nitrogens with one attached hydrogen (secondary N) is 1. The quantitative estimate of drug-likeness (QED) is 0.310. The van der Waals surface area contributed by atoms with Gasteiger partial charge in [0.15, 0.2) is 5.11 Å². The molecule has 0 unspecified atom stereocenters. The molecule has 1 N–H and O–H groups in total. The molecule has 0 radical (unpaired) electrons. The number of nitrogens with zero attached hydrogens (tertiary/aromatic N) is 1. The largest absolute Gasteiger partial charge is 0.496 e. The van der Waals surface area contributed by atoms with Crippen LogP contribution in [0.4, 0.5) is 10.1 Å². The van der Waals surface area contributed by atoms with Crippen molar-refractivity contribution < 1.29 is 13.9 Å². The van der Waals surface area contributed by atoms with E-state index in [2.05, 4.69) is 17.4 Å². The van der Waals surface area contributed by atoms with Crippen LogP contribution in [0.15, 0.2) is 83.4 Å². The number of hydrogen-bond donors (Lipinski definition) is 1. The van der Waals surface area contributed by atoms with Gasteiger partial charge in [0.25, 0.3) is 5.91 Å². The summed E-state index contributed by atoms with van der Waals surface area (Å²) in [5, 5.41) is 3.20. The Labute approximate surface area is 189 Å². The van der Waals surface area contributed by atoms with Gasteiger partial charge in [-0.15, -0.1) is 11.8 Å². The molecule has 4 rings (SSSR count). The summed E-state index contributed by atoms with van der Waals surface area (Å²) < 4.78 is 18.8. The Balaban J connectivity index is 1.53. The Morgan fingerprint density at radius 2 is 1.84 bits per heavy atom. The Kier molecular flexibility index (Phi) is 6.34. The van der Waals surface area contributed by atoms with Gasteiger partial charge in [0.05, 0.1) is 12.8 Å². The fourth-order valence-corrected chi connectivity index (χ4v) is 4.38. The van der Waals surface area contributed by atoms with Crippen molar-refractivity contribution in [1.82, 2.24) is 5.32 Å². The zero-order valence-electron chi connectivity index (χ0n) is 16.7. The molecular weight excluding hydrogens is 431 g/mol. The number of anilines is 1. The summed E-state index contributed by atoms with van der Waals surface area (Å²) in [6.07, 6.45) is 1.73. The van der Waals surface area contributed by atoms with Gasteiger partial charge in [0, 0.05) is 16.2 Å². The molecule has 156 valence electrons. The topological polar surface area (TPSA) is 41.6 Å². The molecule has 0 aromatic heterocycles. The third-order valence-corrected chi connectivity index (χ3v) is 6.07. The normalized spacial score (nSPS) is 14.8. The van der Waals surface area contributed by atoms with E-state index in [0.29, 0.717) is 11.4 Å². The summed E-state index contributed by atoms with van der Waals surface area (Å²) in [7, 11) is 1.63. The maximum absolute atomic E-state index is 13.2. The minimum Gasteiger partial charge on any atom is -0.496 e. The zero-order valence-corrected chi connectivity index (χ0v) is 18.3. The van der Waals surface area contributed by atoms with E-state index < -0.39 is 0 Å². The molecule has 3 aromatic rings. The van der Waals surface area contributed by atoms with Crippen LogP contribution in [0.1, 0.15) is 11.1 Å². The van der Waals surface area contributed by atoms with Gasteiger partial charge in [-0.05, 0) is 66.3 Å². The van der Waals surface area contributed by atoms with Gasteiger partial charge in [-0.2, -0.15) is 0 Å². The lowest BCUT2D eigenvalue weighted by atomic mass is 10.1. The molecule has 1 heterocycles. The average molecular weight is 451 g/mol. The average Bonchev–Trinajstić information content (AvgIpc) is 3.07. The number of ether oxygens (including phenoxy) is 1. The minimum absolute atomic E-state index is 0.255. The summed E-state index contributed by atoms with van der Waals surface area (Å²) in [4.78, 5) is 15.4. The van der Waals surface area contributed by atoms with Gasteiger partial charge in [0.1, 0.15) is 17.3 Å². The molecule has 1 fully saturated rings. The van der Waals surface area contributed by atoms with Crippen molar-refractivity contribution in [3.8, 4) is 5.75 Å². The number of rotatable bonds is 6. The number of amides is 1. The van der Waals surface area contributed by atoms with Crippen LogP contribution < -0.4 is 15.0 Å². The first kappa shape index (κ1) is 21.1. The van der Waals surface area contributed by atoms with Gasteiger partial charge in [0.2, 0.25) is 0 Å². The van der Waals surface area contributed by atoms with E-state index in [1.165, 1.54) is 34.1 Å². The zero-order chi connectivity index (χ0) is 21.8. The highest BCUT2D eigenvalue weighted by molar-refractivity contribution is 7.98.